The molecule has 164 valence electrons. The van der Waals surface area contributed by atoms with Gasteiger partial charge in [0.25, 0.3) is 4.84 Å². The Morgan fingerprint density at radius 2 is 1.97 bits per heavy atom. The van der Waals surface area contributed by atoms with Crippen molar-refractivity contribution in [2.75, 3.05) is 33.3 Å². The predicted molar refractivity (Wildman–Crippen MR) is 109 cm³/mol. The van der Waals surface area contributed by atoms with Gasteiger partial charge in [0.05, 0.1) is 23.6 Å². The van der Waals surface area contributed by atoms with Crippen molar-refractivity contribution in [1.82, 2.24) is 19.0 Å². The van der Waals surface area contributed by atoms with E-state index in [0.29, 0.717) is 25.6 Å². The van der Waals surface area contributed by atoms with Crippen LogP contribution in [0.3, 0.4) is 0 Å². The monoisotopic (exact) mass is 457 g/mol. The van der Waals surface area contributed by atoms with Crippen LogP contribution < -0.4 is 4.74 Å². The van der Waals surface area contributed by atoms with Crippen molar-refractivity contribution in [1.29, 1.82) is 0 Å². The van der Waals surface area contributed by atoms with Crippen LogP contribution >= 0.6 is 12.2 Å². The van der Waals surface area contributed by atoms with Crippen molar-refractivity contribution in [2.24, 2.45) is 0 Å². The Bertz CT molecular complexity index is 1090. The molecule has 0 spiro atoms. The third-order valence-corrected chi connectivity index (χ3v) is 6.95. The van der Waals surface area contributed by atoms with Crippen molar-refractivity contribution in [3.63, 3.8) is 0 Å². The molecule has 0 unspecified atom stereocenters. The summed E-state index contributed by atoms with van der Waals surface area (Å²) in [4.78, 5) is 12.7. The van der Waals surface area contributed by atoms with E-state index in [4.69, 9.17) is 21.4 Å². The standard InChI is InChI=1S/C17H23N5O6S2/c1-12(2)16-18-21(17(29)28-16)11-19-6-8-20(9-7-19)30(25,26)13-4-5-15(27-3)14(10-13)22(23)24/h4-5,10,12H,6-9,11H2,1-3H3. The second-order valence-electron chi connectivity index (χ2n) is 7.11. The highest BCUT2D eigenvalue weighted by Crippen LogP contribution is 2.30. The summed E-state index contributed by atoms with van der Waals surface area (Å²) in [6.07, 6.45) is 0. The first-order chi connectivity index (χ1) is 14.1. The van der Waals surface area contributed by atoms with E-state index in [1.807, 2.05) is 18.7 Å². The molecule has 0 bridgehead atoms. The van der Waals surface area contributed by atoms with Gasteiger partial charge in [-0.2, -0.15) is 4.31 Å². The topological polar surface area (TPSA) is 124 Å². The van der Waals surface area contributed by atoms with E-state index in [9.17, 15) is 18.5 Å². The number of methoxy groups -OCH3 is 1. The Kier molecular flexibility index (Phi) is 6.55. The Balaban J connectivity index is 1.70. The molecule has 0 saturated carbocycles. The van der Waals surface area contributed by atoms with Crippen LogP contribution in [0.2, 0.25) is 0 Å². The van der Waals surface area contributed by atoms with Gasteiger partial charge in [0, 0.05) is 38.2 Å². The highest BCUT2D eigenvalue weighted by molar-refractivity contribution is 7.89. The lowest BCUT2D eigenvalue weighted by molar-refractivity contribution is -0.386. The van der Waals surface area contributed by atoms with Crippen molar-refractivity contribution in [2.45, 2.75) is 31.3 Å². The average molecular weight is 458 g/mol. The number of nitrogens with zero attached hydrogens (tertiary/aromatic N) is 5. The van der Waals surface area contributed by atoms with Gasteiger partial charge < -0.3 is 9.15 Å². The molecule has 1 aliphatic heterocycles. The third-order valence-electron chi connectivity index (χ3n) is 4.77. The summed E-state index contributed by atoms with van der Waals surface area (Å²) in [6.45, 7) is 5.72. The summed E-state index contributed by atoms with van der Waals surface area (Å²) >= 11 is 5.20. The largest absolute Gasteiger partial charge is 0.490 e. The maximum Gasteiger partial charge on any atom is 0.312 e. The molecule has 13 heteroatoms. The summed E-state index contributed by atoms with van der Waals surface area (Å²) in [5.74, 6) is 0.680. The number of piperazine rings is 1. The number of sulfonamides is 1. The van der Waals surface area contributed by atoms with Gasteiger partial charge in [0.1, 0.15) is 0 Å². The highest BCUT2D eigenvalue weighted by atomic mass is 32.2. The maximum absolute atomic E-state index is 13.0. The fraction of sp³-hybridized carbons (Fsp3) is 0.529. The minimum Gasteiger partial charge on any atom is -0.490 e. The normalized spacial score (nSPS) is 16.1. The first-order valence-corrected chi connectivity index (χ1v) is 11.1. The average Bonchev–Trinajstić information content (AvgIpc) is 3.08. The van der Waals surface area contributed by atoms with Crippen LogP contribution in [-0.2, 0) is 16.7 Å². The third kappa shape index (κ3) is 4.53. The van der Waals surface area contributed by atoms with Crippen LogP contribution in [-0.4, -0.2) is 65.6 Å². The summed E-state index contributed by atoms with van der Waals surface area (Å²) in [5.41, 5.74) is -0.390. The van der Waals surface area contributed by atoms with Crippen molar-refractivity contribution >= 4 is 27.9 Å². The number of ether oxygens (including phenoxy) is 1. The lowest BCUT2D eigenvalue weighted by atomic mass is 10.2. The minimum atomic E-state index is -3.87. The van der Waals surface area contributed by atoms with Gasteiger partial charge >= 0.3 is 5.69 Å². The van der Waals surface area contributed by atoms with Crippen LogP contribution in [0.1, 0.15) is 25.7 Å². The van der Waals surface area contributed by atoms with Crippen LogP contribution in [0.4, 0.5) is 5.69 Å². The molecule has 0 radical (unpaired) electrons. The van der Waals surface area contributed by atoms with Crippen molar-refractivity contribution in [3.8, 4) is 5.75 Å². The summed E-state index contributed by atoms with van der Waals surface area (Å²) in [6, 6.07) is 3.64. The first-order valence-electron chi connectivity index (χ1n) is 9.26. The molecule has 1 aromatic heterocycles. The van der Waals surface area contributed by atoms with E-state index in [2.05, 4.69) is 5.10 Å². The Morgan fingerprint density at radius 1 is 1.30 bits per heavy atom. The lowest BCUT2D eigenvalue weighted by Gasteiger charge is -2.33. The molecule has 30 heavy (non-hydrogen) atoms. The number of benzene rings is 1. The number of aromatic nitrogens is 2. The van der Waals surface area contributed by atoms with E-state index in [-0.39, 0.29) is 34.5 Å². The summed E-state index contributed by atoms with van der Waals surface area (Å²) in [5, 5.41) is 15.6. The van der Waals surface area contributed by atoms with Gasteiger partial charge in [-0.25, -0.2) is 13.1 Å². The molecule has 0 aliphatic carbocycles. The van der Waals surface area contributed by atoms with E-state index in [1.54, 1.807) is 4.68 Å². The van der Waals surface area contributed by atoms with Gasteiger partial charge in [-0.1, -0.05) is 13.8 Å². The zero-order chi connectivity index (χ0) is 22.1. The van der Waals surface area contributed by atoms with Gasteiger partial charge in [-0.05, 0) is 24.4 Å². The fourth-order valence-electron chi connectivity index (χ4n) is 3.07. The smallest absolute Gasteiger partial charge is 0.312 e. The molecule has 11 nitrogen and oxygen atoms in total. The number of rotatable bonds is 7. The summed E-state index contributed by atoms with van der Waals surface area (Å²) in [7, 11) is -2.58. The van der Waals surface area contributed by atoms with E-state index < -0.39 is 20.6 Å². The first kappa shape index (κ1) is 22.3. The fourth-order valence-corrected chi connectivity index (χ4v) is 4.69. The van der Waals surface area contributed by atoms with Crippen LogP contribution in [0.25, 0.3) is 0 Å². The van der Waals surface area contributed by atoms with E-state index >= 15 is 0 Å². The number of hydrogen-bond acceptors (Lipinski definition) is 9. The predicted octanol–water partition coefficient (Wildman–Crippen LogP) is 2.21. The van der Waals surface area contributed by atoms with E-state index in [1.165, 1.54) is 23.5 Å². The molecule has 2 aromatic rings. The second-order valence-corrected chi connectivity index (χ2v) is 9.40. The number of nitro groups is 1. The van der Waals surface area contributed by atoms with Crippen LogP contribution in [0.15, 0.2) is 27.5 Å². The van der Waals surface area contributed by atoms with Crippen molar-refractivity contribution in [3.05, 3.63) is 39.0 Å². The molecule has 2 heterocycles. The zero-order valence-corrected chi connectivity index (χ0v) is 18.5. The Hall–Kier alpha value is -2.35. The molecule has 0 atom stereocenters. The van der Waals surface area contributed by atoms with Crippen molar-refractivity contribution < 1.29 is 22.5 Å². The molecule has 3 rings (SSSR count). The molecular weight excluding hydrogens is 434 g/mol. The molecule has 0 amide bonds. The Morgan fingerprint density at radius 3 is 2.50 bits per heavy atom. The second kappa shape index (κ2) is 8.79. The number of nitro benzene ring substituents is 1. The lowest BCUT2D eigenvalue weighted by Crippen LogP contribution is -2.48. The SMILES string of the molecule is COc1ccc(S(=O)(=O)N2CCN(Cn3nc(C(C)C)oc3=S)CC2)cc1[N+](=O)[O-]. The Labute approximate surface area is 179 Å². The summed E-state index contributed by atoms with van der Waals surface area (Å²) < 4.78 is 39.2. The van der Waals surface area contributed by atoms with E-state index in [0.717, 1.165) is 6.07 Å². The van der Waals surface area contributed by atoms with Crippen LogP contribution in [0, 0.1) is 15.0 Å². The maximum atomic E-state index is 13.0. The quantitative estimate of drug-likeness (QED) is 0.349. The van der Waals surface area contributed by atoms with Gasteiger partial charge in [-0.15, -0.1) is 5.10 Å². The highest BCUT2D eigenvalue weighted by Gasteiger charge is 2.31. The number of hydrogen-bond donors (Lipinski definition) is 0. The van der Waals surface area contributed by atoms with Gasteiger partial charge in [0.15, 0.2) is 5.75 Å². The van der Waals surface area contributed by atoms with Gasteiger partial charge in [0.2, 0.25) is 15.9 Å². The molecule has 1 saturated heterocycles. The minimum absolute atomic E-state index is 0.00823. The zero-order valence-electron chi connectivity index (χ0n) is 16.8. The van der Waals surface area contributed by atoms with Crippen LogP contribution in [0.5, 0.6) is 5.75 Å². The molecule has 0 N–H and O–H groups in total. The molecule has 1 fully saturated rings. The molecule has 1 aliphatic rings. The van der Waals surface area contributed by atoms with Gasteiger partial charge in [-0.3, -0.25) is 15.0 Å². The molecular formula is C17H23N5O6S2. The molecule has 1 aromatic carbocycles.